The normalized spacial score (nSPS) is 26.1. The largest absolute Gasteiger partial charge is 0.465 e. The lowest BCUT2D eigenvalue weighted by atomic mass is 9.64. The molecule has 1 aliphatic rings. The Balaban J connectivity index is 3.03. The first-order valence-corrected chi connectivity index (χ1v) is 5.28. The molecule has 1 atom stereocenters. The summed E-state index contributed by atoms with van der Waals surface area (Å²) in [6, 6.07) is 0. The van der Waals surface area contributed by atoms with Crippen LogP contribution in [0, 0.1) is 10.8 Å². The van der Waals surface area contributed by atoms with Crippen molar-refractivity contribution in [2.75, 3.05) is 7.11 Å². The third kappa shape index (κ3) is 2.31. The van der Waals surface area contributed by atoms with Gasteiger partial charge in [0.15, 0.2) is 0 Å². The summed E-state index contributed by atoms with van der Waals surface area (Å²) in [6.07, 6.45) is 6.91. The molecule has 0 heterocycles. The molecule has 15 heavy (non-hydrogen) atoms. The lowest BCUT2D eigenvalue weighted by Crippen LogP contribution is -2.32. The van der Waals surface area contributed by atoms with Crippen LogP contribution in [0.4, 0.5) is 0 Å². The summed E-state index contributed by atoms with van der Waals surface area (Å²) in [5.41, 5.74) is 0.823. The van der Waals surface area contributed by atoms with E-state index in [0.29, 0.717) is 5.57 Å². The molecule has 84 valence electrons. The molecule has 2 heteroatoms. The molecule has 0 spiro atoms. The lowest BCUT2D eigenvalue weighted by molar-refractivity contribution is -0.135. The van der Waals surface area contributed by atoms with E-state index in [4.69, 9.17) is 4.74 Å². The third-order valence-corrected chi connectivity index (χ3v) is 3.45. The van der Waals surface area contributed by atoms with Crippen molar-refractivity contribution in [1.29, 1.82) is 0 Å². The van der Waals surface area contributed by atoms with Crippen LogP contribution in [-0.4, -0.2) is 13.1 Å². The van der Waals surface area contributed by atoms with Crippen LogP contribution in [-0.2, 0) is 9.53 Å². The van der Waals surface area contributed by atoms with Gasteiger partial charge in [-0.1, -0.05) is 45.9 Å². The number of esters is 1. The Kier molecular flexibility index (Phi) is 3.08. The second-order valence-corrected chi connectivity index (χ2v) is 5.37. The molecule has 0 aliphatic heterocycles. The molecule has 0 aromatic rings. The Morgan fingerprint density at radius 1 is 1.47 bits per heavy atom. The Morgan fingerprint density at radius 3 is 2.53 bits per heavy atom. The fourth-order valence-electron chi connectivity index (χ4n) is 1.65. The average Bonchev–Trinajstić information content (AvgIpc) is 2.15. The van der Waals surface area contributed by atoms with Crippen LogP contribution < -0.4 is 0 Å². The minimum absolute atomic E-state index is 0.0191. The van der Waals surface area contributed by atoms with Gasteiger partial charge in [-0.25, -0.2) is 4.79 Å². The highest BCUT2D eigenvalue weighted by Crippen LogP contribution is 2.45. The van der Waals surface area contributed by atoms with E-state index < -0.39 is 0 Å². The number of carbonyl (C=O) groups excluding carboxylic acids is 1. The molecule has 0 aromatic carbocycles. The first-order valence-electron chi connectivity index (χ1n) is 5.28. The summed E-state index contributed by atoms with van der Waals surface area (Å²) < 4.78 is 4.74. The fourth-order valence-corrected chi connectivity index (χ4v) is 1.65. The predicted octanol–water partition coefficient (Wildman–Crippen LogP) is 3.10. The van der Waals surface area contributed by atoms with Crippen molar-refractivity contribution >= 4 is 5.97 Å². The first-order chi connectivity index (χ1) is 6.80. The quantitative estimate of drug-likeness (QED) is 0.619. The molecule has 1 aliphatic carbocycles. The molecule has 0 amide bonds. The van der Waals surface area contributed by atoms with Gasteiger partial charge in [0.1, 0.15) is 0 Å². The maximum Gasteiger partial charge on any atom is 0.337 e. The number of rotatable bonds is 1. The number of carbonyl (C=O) groups is 1. The SMILES string of the molecule is COC(=O)C1=CC(C)(C(C)(C)C)CC=C1. The van der Waals surface area contributed by atoms with Gasteiger partial charge in [-0.05, 0) is 17.3 Å². The van der Waals surface area contributed by atoms with Crippen molar-refractivity contribution in [3.05, 3.63) is 23.8 Å². The van der Waals surface area contributed by atoms with E-state index in [-0.39, 0.29) is 16.8 Å². The molecule has 1 unspecified atom stereocenters. The van der Waals surface area contributed by atoms with Crippen LogP contribution in [0.15, 0.2) is 23.8 Å². The number of hydrogen-bond acceptors (Lipinski definition) is 2. The van der Waals surface area contributed by atoms with Crippen molar-refractivity contribution in [2.45, 2.75) is 34.1 Å². The molecule has 0 N–H and O–H groups in total. The van der Waals surface area contributed by atoms with E-state index in [1.54, 1.807) is 0 Å². The molecular formula is C13H20O2. The molecule has 1 rings (SSSR count). The monoisotopic (exact) mass is 208 g/mol. The zero-order chi connectivity index (χ0) is 11.7. The van der Waals surface area contributed by atoms with Crippen LogP contribution in [0.3, 0.4) is 0 Å². The Morgan fingerprint density at radius 2 is 2.07 bits per heavy atom. The summed E-state index contributed by atoms with van der Waals surface area (Å²) in [4.78, 5) is 11.4. The molecule has 2 nitrogen and oxygen atoms in total. The molecule has 0 aromatic heterocycles. The van der Waals surface area contributed by atoms with Crippen molar-refractivity contribution < 1.29 is 9.53 Å². The summed E-state index contributed by atoms with van der Waals surface area (Å²) in [5.74, 6) is -0.249. The minimum atomic E-state index is -0.249. The van der Waals surface area contributed by atoms with Crippen LogP contribution in [0.25, 0.3) is 0 Å². The van der Waals surface area contributed by atoms with Gasteiger partial charge in [0.05, 0.1) is 12.7 Å². The van der Waals surface area contributed by atoms with Crippen LogP contribution in [0.1, 0.15) is 34.1 Å². The van der Waals surface area contributed by atoms with Crippen LogP contribution in [0.2, 0.25) is 0 Å². The molecule has 0 bridgehead atoms. The maximum atomic E-state index is 11.4. The Labute approximate surface area is 92.0 Å². The zero-order valence-electron chi connectivity index (χ0n) is 10.3. The average molecular weight is 208 g/mol. The number of methoxy groups -OCH3 is 1. The van der Waals surface area contributed by atoms with Gasteiger partial charge < -0.3 is 4.74 Å². The topological polar surface area (TPSA) is 26.3 Å². The van der Waals surface area contributed by atoms with Crippen LogP contribution >= 0.6 is 0 Å². The Bertz CT molecular complexity index is 318. The highest BCUT2D eigenvalue weighted by molar-refractivity contribution is 5.91. The van der Waals surface area contributed by atoms with Crippen LogP contribution in [0.5, 0.6) is 0 Å². The highest BCUT2D eigenvalue weighted by atomic mass is 16.5. The van der Waals surface area contributed by atoms with Gasteiger partial charge in [0.25, 0.3) is 0 Å². The van der Waals surface area contributed by atoms with E-state index in [1.807, 2.05) is 12.2 Å². The van der Waals surface area contributed by atoms with Gasteiger partial charge >= 0.3 is 5.97 Å². The summed E-state index contributed by atoms with van der Waals surface area (Å²) in [7, 11) is 1.42. The van der Waals surface area contributed by atoms with Gasteiger partial charge in [-0.15, -0.1) is 0 Å². The van der Waals surface area contributed by atoms with Gasteiger partial charge in [-0.3, -0.25) is 0 Å². The summed E-state index contributed by atoms with van der Waals surface area (Å²) in [5, 5.41) is 0. The van der Waals surface area contributed by atoms with Crippen molar-refractivity contribution in [2.24, 2.45) is 10.8 Å². The standard InChI is InChI=1S/C13H20O2/c1-12(2,3)13(4)8-6-7-10(9-13)11(14)15-5/h6-7,9H,8H2,1-5H3. The Hall–Kier alpha value is -1.05. The molecule has 0 saturated heterocycles. The van der Waals surface area contributed by atoms with E-state index in [0.717, 1.165) is 6.42 Å². The maximum absolute atomic E-state index is 11.4. The first kappa shape index (κ1) is 12.0. The summed E-state index contributed by atoms with van der Waals surface area (Å²) >= 11 is 0. The molecule has 0 saturated carbocycles. The van der Waals surface area contributed by atoms with Crippen molar-refractivity contribution in [3.63, 3.8) is 0 Å². The highest BCUT2D eigenvalue weighted by Gasteiger charge is 2.36. The van der Waals surface area contributed by atoms with Gasteiger partial charge in [0, 0.05) is 0 Å². The van der Waals surface area contributed by atoms with E-state index in [1.165, 1.54) is 7.11 Å². The minimum Gasteiger partial charge on any atom is -0.465 e. The van der Waals surface area contributed by atoms with Crippen molar-refractivity contribution in [1.82, 2.24) is 0 Å². The zero-order valence-corrected chi connectivity index (χ0v) is 10.3. The van der Waals surface area contributed by atoms with Gasteiger partial charge in [-0.2, -0.15) is 0 Å². The van der Waals surface area contributed by atoms with Gasteiger partial charge in [0.2, 0.25) is 0 Å². The smallest absolute Gasteiger partial charge is 0.337 e. The number of ether oxygens (including phenoxy) is 1. The fraction of sp³-hybridized carbons (Fsp3) is 0.615. The second-order valence-electron chi connectivity index (χ2n) is 5.37. The molecule has 0 fully saturated rings. The lowest BCUT2D eigenvalue weighted by Gasteiger charge is -2.40. The molecule has 0 radical (unpaired) electrons. The van der Waals surface area contributed by atoms with E-state index in [9.17, 15) is 4.79 Å². The number of hydrogen-bond donors (Lipinski definition) is 0. The predicted molar refractivity (Wildman–Crippen MR) is 61.4 cm³/mol. The van der Waals surface area contributed by atoms with E-state index in [2.05, 4.69) is 33.8 Å². The third-order valence-electron chi connectivity index (χ3n) is 3.45. The second kappa shape index (κ2) is 3.84. The number of allylic oxidation sites excluding steroid dienone is 2. The summed E-state index contributed by atoms with van der Waals surface area (Å²) in [6.45, 7) is 8.76. The van der Waals surface area contributed by atoms with E-state index >= 15 is 0 Å². The van der Waals surface area contributed by atoms with Crippen molar-refractivity contribution in [3.8, 4) is 0 Å². The molecular weight excluding hydrogens is 188 g/mol.